The van der Waals surface area contributed by atoms with Gasteiger partial charge in [-0.05, 0) is 48.1 Å². The van der Waals surface area contributed by atoms with Crippen LogP contribution in [0.3, 0.4) is 0 Å². The van der Waals surface area contributed by atoms with Crippen LogP contribution in [0.5, 0.6) is 0 Å². The van der Waals surface area contributed by atoms with Gasteiger partial charge in [0, 0.05) is 29.6 Å². The Labute approximate surface area is 217 Å². The maximum atomic E-state index is 13.9. The monoisotopic (exact) mass is 520 g/mol. The summed E-state index contributed by atoms with van der Waals surface area (Å²) in [6.07, 6.45) is 7.69. The molecule has 37 heavy (non-hydrogen) atoms. The first-order valence-electron chi connectivity index (χ1n) is 13.1. The number of rotatable bonds is 4. The first-order chi connectivity index (χ1) is 18.0. The number of sulfonamides is 1. The summed E-state index contributed by atoms with van der Waals surface area (Å²) < 4.78 is 41.9. The third-order valence-electron chi connectivity index (χ3n) is 8.03. The molecule has 0 N–H and O–H groups in total. The molecule has 6 rings (SSSR count). The van der Waals surface area contributed by atoms with E-state index in [1.165, 1.54) is 36.2 Å². The molecule has 1 saturated carbocycles. The Morgan fingerprint density at radius 3 is 2.54 bits per heavy atom. The minimum atomic E-state index is -3.71. The Morgan fingerprint density at radius 2 is 1.78 bits per heavy atom. The van der Waals surface area contributed by atoms with Gasteiger partial charge in [-0.1, -0.05) is 49.6 Å². The molecule has 0 unspecified atom stereocenters. The number of carbonyl (C=O) groups excluding carboxylic acids is 1. The fraction of sp³-hybridized carbons (Fsp3) is 0.414. The summed E-state index contributed by atoms with van der Waals surface area (Å²) in [7, 11) is -2.33. The first kappa shape index (κ1) is 24.4. The van der Waals surface area contributed by atoms with Gasteiger partial charge < -0.3 is 14.0 Å². The first-order valence-corrected chi connectivity index (χ1v) is 14.6. The van der Waals surface area contributed by atoms with Gasteiger partial charge in [0.25, 0.3) is 0 Å². The molecular weight excluding hydrogens is 488 g/mol. The van der Waals surface area contributed by atoms with E-state index in [0.717, 1.165) is 40.6 Å². The van der Waals surface area contributed by atoms with Gasteiger partial charge in [-0.25, -0.2) is 13.2 Å². The molecule has 1 saturated heterocycles. The van der Waals surface area contributed by atoms with Crippen LogP contribution in [0.2, 0.25) is 0 Å². The SMILES string of the molecule is COC(=O)c1ccc2c(C3CCCCC3)c3n(c2c1)CC(S(=O)(=O)N1CCOCC1)=Cc1ccccc1-3. The topological polar surface area (TPSA) is 77.8 Å². The predicted molar refractivity (Wildman–Crippen MR) is 144 cm³/mol. The van der Waals surface area contributed by atoms with Gasteiger partial charge in [0.1, 0.15) is 0 Å². The van der Waals surface area contributed by atoms with Crippen molar-refractivity contribution < 1.29 is 22.7 Å². The molecule has 3 heterocycles. The van der Waals surface area contributed by atoms with E-state index in [4.69, 9.17) is 9.47 Å². The summed E-state index contributed by atoms with van der Waals surface area (Å²) in [6.45, 7) is 1.70. The second-order valence-corrected chi connectivity index (χ2v) is 12.1. The summed E-state index contributed by atoms with van der Waals surface area (Å²) >= 11 is 0. The summed E-state index contributed by atoms with van der Waals surface area (Å²) in [5, 5.41) is 1.09. The molecule has 0 bridgehead atoms. The fourth-order valence-electron chi connectivity index (χ4n) is 6.20. The second-order valence-electron chi connectivity index (χ2n) is 10.1. The summed E-state index contributed by atoms with van der Waals surface area (Å²) in [6, 6.07) is 13.8. The van der Waals surface area contributed by atoms with E-state index >= 15 is 0 Å². The van der Waals surface area contributed by atoms with E-state index in [1.54, 1.807) is 0 Å². The molecule has 1 aromatic heterocycles. The molecule has 2 fully saturated rings. The molecule has 1 aliphatic carbocycles. The molecule has 3 aromatic rings. The number of benzene rings is 2. The van der Waals surface area contributed by atoms with Crippen LogP contribution in [-0.4, -0.2) is 56.7 Å². The number of fused-ring (bicyclic) bond motifs is 5. The van der Waals surface area contributed by atoms with Crippen LogP contribution in [0.25, 0.3) is 28.2 Å². The van der Waals surface area contributed by atoms with Crippen molar-refractivity contribution >= 4 is 33.0 Å². The molecule has 0 atom stereocenters. The van der Waals surface area contributed by atoms with Gasteiger partial charge in [0.05, 0.1) is 43.0 Å². The smallest absolute Gasteiger partial charge is 0.337 e. The predicted octanol–water partition coefficient (Wildman–Crippen LogP) is 5.16. The van der Waals surface area contributed by atoms with Crippen molar-refractivity contribution in [2.75, 3.05) is 33.4 Å². The second kappa shape index (κ2) is 9.74. The molecule has 2 aliphatic heterocycles. The van der Waals surface area contributed by atoms with E-state index in [1.807, 2.05) is 42.5 Å². The van der Waals surface area contributed by atoms with Crippen molar-refractivity contribution in [1.29, 1.82) is 0 Å². The Hall–Kier alpha value is -2.94. The third kappa shape index (κ3) is 4.21. The Morgan fingerprint density at radius 1 is 1.03 bits per heavy atom. The van der Waals surface area contributed by atoms with Crippen LogP contribution in [0.4, 0.5) is 0 Å². The average molecular weight is 521 g/mol. The normalized spacial score (nSPS) is 19.1. The Balaban J connectivity index is 1.61. The van der Waals surface area contributed by atoms with Gasteiger partial charge in [-0.3, -0.25) is 0 Å². The quantitative estimate of drug-likeness (QED) is 0.444. The fourth-order valence-corrected chi connectivity index (χ4v) is 7.73. The van der Waals surface area contributed by atoms with E-state index in [2.05, 4.69) is 10.6 Å². The number of carbonyl (C=O) groups is 1. The maximum Gasteiger partial charge on any atom is 0.337 e. The number of allylic oxidation sites excluding steroid dienone is 1. The van der Waals surface area contributed by atoms with E-state index < -0.39 is 16.0 Å². The highest BCUT2D eigenvalue weighted by molar-refractivity contribution is 7.93. The summed E-state index contributed by atoms with van der Waals surface area (Å²) in [5.74, 6) is -0.00988. The standard InChI is InChI=1S/C29H32N2O5S/c1-35-29(32)22-11-12-25-26(18-22)31-19-23(37(33,34)30-13-15-36-16-14-30)17-21-9-5-6-10-24(21)28(31)27(25)20-7-3-2-4-8-20/h5-6,9-12,17-18,20H,2-4,7-8,13-16,19H2,1H3. The van der Waals surface area contributed by atoms with Gasteiger partial charge >= 0.3 is 5.97 Å². The molecule has 0 spiro atoms. The molecular formula is C29H32N2O5S. The van der Waals surface area contributed by atoms with Crippen LogP contribution in [0, 0.1) is 0 Å². The van der Waals surface area contributed by atoms with E-state index in [-0.39, 0.29) is 6.54 Å². The number of hydrogen-bond donors (Lipinski definition) is 0. The maximum absolute atomic E-state index is 13.9. The van der Waals surface area contributed by atoms with Crippen molar-refractivity contribution in [3.05, 3.63) is 64.1 Å². The number of morpholine rings is 1. The largest absolute Gasteiger partial charge is 0.465 e. The molecule has 0 amide bonds. The number of methoxy groups -OCH3 is 1. The number of hydrogen-bond acceptors (Lipinski definition) is 5. The highest BCUT2D eigenvalue weighted by Gasteiger charge is 2.34. The van der Waals surface area contributed by atoms with Crippen molar-refractivity contribution in [2.24, 2.45) is 0 Å². The zero-order chi connectivity index (χ0) is 25.6. The number of ether oxygens (including phenoxy) is 2. The lowest BCUT2D eigenvalue weighted by Gasteiger charge is -2.27. The van der Waals surface area contributed by atoms with Crippen LogP contribution in [-0.2, 0) is 26.0 Å². The van der Waals surface area contributed by atoms with Crippen LogP contribution in [0.1, 0.15) is 59.5 Å². The summed E-state index contributed by atoms with van der Waals surface area (Å²) in [4.78, 5) is 12.8. The van der Waals surface area contributed by atoms with Crippen LogP contribution < -0.4 is 0 Å². The minimum absolute atomic E-state index is 0.206. The molecule has 194 valence electrons. The van der Waals surface area contributed by atoms with Gasteiger partial charge in [-0.15, -0.1) is 0 Å². The van der Waals surface area contributed by atoms with Crippen molar-refractivity contribution in [3.8, 4) is 11.3 Å². The molecule has 2 aromatic carbocycles. The zero-order valence-corrected chi connectivity index (χ0v) is 21.9. The van der Waals surface area contributed by atoms with E-state index in [0.29, 0.717) is 42.7 Å². The van der Waals surface area contributed by atoms with Crippen LogP contribution in [0.15, 0.2) is 47.4 Å². The zero-order valence-electron chi connectivity index (χ0n) is 21.1. The van der Waals surface area contributed by atoms with Gasteiger partial charge in [0.2, 0.25) is 10.0 Å². The van der Waals surface area contributed by atoms with Crippen molar-refractivity contribution in [2.45, 2.75) is 44.6 Å². The highest BCUT2D eigenvalue weighted by Crippen LogP contribution is 2.47. The van der Waals surface area contributed by atoms with Crippen molar-refractivity contribution in [1.82, 2.24) is 8.87 Å². The van der Waals surface area contributed by atoms with Crippen molar-refractivity contribution in [3.63, 3.8) is 0 Å². The number of nitrogens with zero attached hydrogens (tertiary/aromatic N) is 2. The molecule has 8 heteroatoms. The third-order valence-corrected chi connectivity index (χ3v) is 9.98. The van der Waals surface area contributed by atoms with Gasteiger partial charge in [0.15, 0.2) is 0 Å². The highest BCUT2D eigenvalue weighted by atomic mass is 32.2. The Kier molecular flexibility index (Phi) is 6.42. The van der Waals surface area contributed by atoms with E-state index in [9.17, 15) is 13.2 Å². The number of esters is 1. The minimum Gasteiger partial charge on any atom is -0.465 e. The molecule has 3 aliphatic rings. The molecule has 7 nitrogen and oxygen atoms in total. The lowest BCUT2D eigenvalue weighted by atomic mass is 9.81. The lowest BCUT2D eigenvalue weighted by Crippen LogP contribution is -2.41. The molecule has 0 radical (unpaired) electrons. The number of aromatic nitrogens is 1. The van der Waals surface area contributed by atoms with Gasteiger partial charge in [-0.2, -0.15) is 4.31 Å². The lowest BCUT2D eigenvalue weighted by molar-refractivity contribution is 0.0601. The van der Waals surface area contributed by atoms with Crippen LogP contribution >= 0.6 is 0 Å². The average Bonchev–Trinajstić information content (AvgIpc) is 3.15. The Bertz CT molecular complexity index is 1490. The summed E-state index contributed by atoms with van der Waals surface area (Å²) in [5.41, 5.74) is 5.62.